The van der Waals surface area contributed by atoms with Crippen LogP contribution in [-0.4, -0.2) is 188 Å². The average Bonchev–Trinajstić information content (AvgIpc) is 1.40. The molecular weight excluding hydrogens is 1560 g/mol. The maximum Gasteiger partial charge on any atom is 0.440 e. The molecule has 1 aromatic carbocycles. The molecule has 0 saturated carbocycles. The molecule has 0 spiro atoms. The first-order chi connectivity index (χ1) is 51.1. The number of nitrogens with zero attached hydrogens (tertiary/aromatic N) is 13. The summed E-state index contributed by atoms with van der Waals surface area (Å²) in [7, 11) is 4.26. The summed E-state index contributed by atoms with van der Waals surface area (Å²) in [6.45, 7) is 23.1. The third-order valence-corrected chi connectivity index (χ3v) is 10.7. The van der Waals surface area contributed by atoms with Gasteiger partial charge < -0.3 is 34.7 Å². The van der Waals surface area contributed by atoms with Crippen molar-refractivity contribution < 1.29 is 79.5 Å². The van der Waals surface area contributed by atoms with E-state index in [9.17, 15) is 94.1 Å². The molecule has 0 bridgehead atoms. The molecule has 2 aliphatic heterocycles. The Hall–Kier alpha value is -13.5. The first-order valence-electron chi connectivity index (χ1n) is 29.1. The lowest BCUT2D eigenvalue weighted by atomic mass is 10.1. The van der Waals surface area contributed by atoms with Crippen LogP contribution in [0.5, 0.6) is 5.75 Å². The largest absolute Gasteiger partial charge is 0.504 e. The van der Waals surface area contributed by atoms with E-state index in [1.54, 1.807) is 53.8 Å². The van der Waals surface area contributed by atoms with E-state index in [-0.39, 0.29) is 67.2 Å². The monoisotopic (exact) mass is 1640 g/mol. The number of rotatable bonds is 3. The predicted octanol–water partition coefficient (Wildman–Crippen LogP) is -4.60. The van der Waals surface area contributed by atoms with Crippen LogP contribution in [0, 0.1) is 59.9 Å². The minimum atomic E-state index is -4.30. The van der Waals surface area contributed by atoms with E-state index >= 15 is 0 Å². The van der Waals surface area contributed by atoms with Crippen molar-refractivity contribution >= 4 is 81.4 Å². The van der Waals surface area contributed by atoms with Gasteiger partial charge in [-0.05, 0) is 79.7 Å². The summed E-state index contributed by atoms with van der Waals surface area (Å²) in [5.41, 5.74) is 4.91. The van der Waals surface area contributed by atoms with Crippen molar-refractivity contribution in [2.75, 3.05) is 20.2 Å². The van der Waals surface area contributed by atoms with Gasteiger partial charge in [-0.1, -0.05) is 10.4 Å². The molecule has 11 rings (SSSR count). The highest BCUT2D eigenvalue weighted by atomic mass is 32.2. The molecule has 18 N–H and O–H groups in total. The molecule has 10 heterocycles. The number of halogens is 3. The number of tetrazole rings is 2. The van der Waals surface area contributed by atoms with Crippen molar-refractivity contribution in [3.63, 3.8) is 0 Å². The van der Waals surface area contributed by atoms with Crippen LogP contribution in [0.4, 0.5) is 13.2 Å². The number of nitrogens with one attached hydrogen (secondary N) is 16. The van der Waals surface area contributed by atoms with E-state index in [0.29, 0.717) is 41.3 Å². The number of nitriles is 1. The number of carbonyl (C=O) groups is 6. The third-order valence-electron chi connectivity index (χ3n) is 8.77. The number of amidine groups is 1. The van der Waals surface area contributed by atoms with Gasteiger partial charge >= 0.3 is 56.0 Å². The van der Waals surface area contributed by atoms with Crippen LogP contribution < -0.4 is 86.9 Å². The Bertz CT molecular complexity index is 4490. The molecular formula is C51H80F3N29O24S3. The lowest BCUT2D eigenvalue weighted by Crippen LogP contribution is -2.32. The minimum absolute atomic E-state index is 0.0394. The van der Waals surface area contributed by atoms with E-state index in [1.807, 2.05) is 24.1 Å². The second kappa shape index (κ2) is 60.7. The second-order valence-corrected chi connectivity index (χ2v) is 21.2. The van der Waals surface area contributed by atoms with Crippen LogP contribution >= 0.6 is 23.1 Å². The summed E-state index contributed by atoms with van der Waals surface area (Å²) < 4.78 is 69.5. The van der Waals surface area contributed by atoms with Crippen molar-refractivity contribution in [2.24, 2.45) is 23.6 Å². The Kier molecular flexibility index (Phi) is 58.1. The van der Waals surface area contributed by atoms with Crippen LogP contribution in [0.3, 0.4) is 0 Å². The molecule has 612 valence electrons. The number of carbonyl (C=O) groups excluding carboxylic acids is 6. The third kappa shape index (κ3) is 66.5. The first kappa shape index (κ1) is 105. The minimum Gasteiger partial charge on any atom is -0.504 e. The van der Waals surface area contributed by atoms with Crippen molar-refractivity contribution in [3.8, 4) is 11.9 Å². The van der Waals surface area contributed by atoms with Gasteiger partial charge in [0.15, 0.2) is 17.8 Å². The van der Waals surface area contributed by atoms with Gasteiger partial charge in [-0.3, -0.25) is 88.2 Å². The molecule has 0 fully saturated rings. The van der Waals surface area contributed by atoms with Gasteiger partial charge in [-0.25, -0.2) is 59.8 Å². The molecule has 5 amide bonds. The topological polar surface area (TPSA) is 776 Å². The fraction of sp³-hybridized carbons (Fsp3) is 0.431. The number of aromatic amines is 10. The molecule has 0 saturated heterocycles. The van der Waals surface area contributed by atoms with Crippen LogP contribution in [-0.2, 0) is 68.1 Å². The van der Waals surface area contributed by atoms with Gasteiger partial charge in [-0.2, -0.15) is 56.4 Å². The number of alkyl halides is 3. The van der Waals surface area contributed by atoms with E-state index < -0.39 is 58.1 Å². The highest BCUT2D eigenvalue weighted by Crippen LogP contribution is 2.11. The summed E-state index contributed by atoms with van der Waals surface area (Å²) in [6, 6.07) is 2.89. The SMILES string of the molecule is CC(=O)NC#N.CC(=O)NCC(F)(F)F.CC(=O)NO.CC1=NOC(=O)C1.CC1=NS(=O)ON1.CCNC(C)=O.CONC(C)=O.Cc1c(O)c(=O)c1=O.Cc1cc(=O)[nH][nH]1.Cc1cc(=O)[nH]o1.Cc1n[nH]c(=O)[nH]1.Cc1nn[nH]n1.Cc1nsc(=O)[nH]1.Cc1nsc(=O)[nH]1.Cn1nn[nH]c1=O.Cn1oc(=O)[nH]c1=O. The summed E-state index contributed by atoms with van der Waals surface area (Å²) in [6.07, 6.45) is -2.47. The molecule has 8 aromatic heterocycles. The lowest BCUT2D eigenvalue weighted by molar-refractivity contribution is -0.140. The van der Waals surface area contributed by atoms with Gasteiger partial charge in [0.05, 0.1) is 26.3 Å². The zero-order valence-electron chi connectivity index (χ0n) is 61.3. The number of aryl methyl sites for hydroxylation is 8. The Morgan fingerprint density at radius 1 is 0.727 bits per heavy atom. The van der Waals surface area contributed by atoms with Crippen molar-refractivity contribution in [2.45, 2.75) is 116 Å². The summed E-state index contributed by atoms with van der Waals surface area (Å²) in [4.78, 5) is 178. The number of H-pyrrole nitrogens is 10. The van der Waals surface area contributed by atoms with Crippen LogP contribution in [0.25, 0.3) is 0 Å². The number of hydrogen-bond acceptors (Lipinski definition) is 37. The standard InChI is InChI=1S/C5H4O3.C4H6F3NO.C4H6N2O.2C4H5NO2.C4H9NO.C3H5N3O.C3H4N2O3.2C3H4N2OS.C3H4N2O.C3H7NO2.C2H4N4O.C2H4N4.C2H4N2O2S.C2H5NO2/c1-2-3(6)5(8)4(2)7;1-3(9)8-2-4(5,6)7;1-3-2-4(7)6-5-3;1-3-2-4(6)5-7-3;1-3-2-4(6)7-5-3;1-3-5-4(2)6;1-2-4-3(7)6-5-2;1-5-2(6)4-3(7)8-5;2*1-2-4-3(6)7-5-2;1-3(6)5-2-4;1-3(5)4-6-2;1-6-2(7)3-4-5-6;1-2-3-5-6-4-2;1-2-3-6-7(5)4-2;1-2(4)3-5/h6H,1H3;2H2,1H3,(H,8,9);2H,1H3,(H2,5,6,7);2H,1H3,(H,5,6);2H2,1H3;3H2,1-2H3,(H,5,6);1H3,(H2,4,5,6,7);1H3,(H,4,6,7);2*1H3,(H,4,5,6);1H3,(H,5,6);1-2H3,(H,4,5);1H3,(H,3,5,7);1H3,(H,3,4,5,6);1H3,(H,3,4);5H,1H3,(H,3,4). The second-order valence-electron chi connectivity index (χ2n) is 18.9. The van der Waals surface area contributed by atoms with E-state index in [0.717, 1.165) is 57.4 Å². The normalized spacial score (nSPS) is 10.9. The highest BCUT2D eigenvalue weighted by molar-refractivity contribution is 7.79. The molecule has 2 aliphatic rings. The van der Waals surface area contributed by atoms with Gasteiger partial charge in [-0.15, -0.1) is 14.6 Å². The molecule has 9 aromatic rings. The zero-order valence-corrected chi connectivity index (χ0v) is 63.8. The Morgan fingerprint density at radius 3 is 1.39 bits per heavy atom. The van der Waals surface area contributed by atoms with Crippen LogP contribution in [0.1, 0.15) is 102 Å². The van der Waals surface area contributed by atoms with Crippen LogP contribution in [0.15, 0.2) is 78.7 Å². The van der Waals surface area contributed by atoms with Crippen LogP contribution in [0.2, 0.25) is 0 Å². The molecule has 0 radical (unpaired) electrons. The maximum absolute atomic E-state index is 11.2. The smallest absolute Gasteiger partial charge is 0.440 e. The Balaban J connectivity index is -0.000000357. The van der Waals surface area contributed by atoms with E-state index in [2.05, 4.69) is 134 Å². The maximum atomic E-state index is 11.2. The number of amides is 5. The fourth-order valence-corrected chi connectivity index (χ4v) is 5.82. The van der Waals surface area contributed by atoms with E-state index in [1.165, 1.54) is 79.6 Å². The summed E-state index contributed by atoms with van der Waals surface area (Å²) in [5.74, 6) is 0.906. The molecule has 59 heteroatoms. The van der Waals surface area contributed by atoms with E-state index in [4.69, 9.17) is 15.6 Å². The van der Waals surface area contributed by atoms with Gasteiger partial charge in [0.25, 0.3) is 16.5 Å². The van der Waals surface area contributed by atoms with Gasteiger partial charge in [0.2, 0.25) is 35.0 Å². The number of aromatic nitrogens is 20. The summed E-state index contributed by atoms with van der Waals surface area (Å²) in [5, 5.41) is 67.3. The predicted molar refractivity (Wildman–Crippen MR) is 376 cm³/mol. The summed E-state index contributed by atoms with van der Waals surface area (Å²) >= 11 is 0.410. The number of oxime groups is 1. The molecule has 110 heavy (non-hydrogen) atoms. The lowest BCUT2D eigenvalue weighted by Gasteiger charge is -2.04. The van der Waals surface area contributed by atoms with Crippen molar-refractivity contribution in [1.82, 2.24) is 132 Å². The fourth-order valence-electron chi connectivity index (χ4n) is 4.41. The Labute approximate surface area is 623 Å². The van der Waals surface area contributed by atoms with Crippen molar-refractivity contribution in [3.05, 3.63) is 155 Å². The zero-order chi connectivity index (χ0) is 85.8. The first-order valence-corrected chi connectivity index (χ1v) is 31.7. The van der Waals surface area contributed by atoms with Crippen molar-refractivity contribution in [1.29, 1.82) is 5.26 Å². The molecule has 0 aliphatic carbocycles. The molecule has 53 nitrogen and oxygen atoms in total. The molecule has 1 unspecified atom stereocenters. The molecule has 1 atom stereocenters. The number of hydrogen-bond donors (Lipinski definition) is 18. The quantitative estimate of drug-likeness (QED) is 0.0198. The average molecular weight is 1640 g/mol. The highest BCUT2D eigenvalue weighted by Gasteiger charge is 2.26. The van der Waals surface area contributed by atoms with Gasteiger partial charge in [0, 0.05) is 94.7 Å². The Morgan fingerprint density at radius 2 is 1.29 bits per heavy atom. The van der Waals surface area contributed by atoms with Gasteiger partial charge in [0.1, 0.15) is 35.6 Å². The number of aromatic hydroxyl groups is 1. The number of hydroxylamine groups is 3.